The number of benzene rings is 3. The third-order valence-electron chi connectivity index (χ3n) is 5.94. The van der Waals surface area contributed by atoms with Gasteiger partial charge < -0.3 is 10.1 Å². The molecule has 0 bridgehead atoms. The number of hydrogen-bond acceptors (Lipinski definition) is 5. The van der Waals surface area contributed by atoms with E-state index in [1.807, 2.05) is 42.5 Å². The summed E-state index contributed by atoms with van der Waals surface area (Å²) in [5.41, 5.74) is 3.69. The smallest absolute Gasteiger partial charge is 0.253 e. The van der Waals surface area contributed by atoms with E-state index in [1.54, 1.807) is 24.3 Å². The van der Waals surface area contributed by atoms with E-state index in [-0.39, 0.29) is 12.5 Å². The summed E-state index contributed by atoms with van der Waals surface area (Å²) in [7, 11) is -3.62. The molecule has 0 aromatic heterocycles. The zero-order valence-corrected chi connectivity index (χ0v) is 20.7. The predicted octanol–water partition coefficient (Wildman–Crippen LogP) is 3.42. The minimum atomic E-state index is -3.62. The summed E-state index contributed by atoms with van der Waals surface area (Å²) in [5.74, 6) is -0.319. The van der Waals surface area contributed by atoms with Crippen LogP contribution in [0.4, 0.5) is 5.69 Å². The van der Waals surface area contributed by atoms with Crippen LogP contribution in [0.3, 0.4) is 0 Å². The number of carbonyl (C=O) groups is 1. The van der Waals surface area contributed by atoms with Gasteiger partial charge in [-0.1, -0.05) is 66.7 Å². The molecule has 0 aliphatic carbocycles. The normalized spacial score (nSPS) is 14.4. The van der Waals surface area contributed by atoms with Crippen LogP contribution in [0.2, 0.25) is 0 Å². The first-order chi connectivity index (χ1) is 16.9. The second-order valence-electron chi connectivity index (χ2n) is 8.66. The number of anilines is 1. The van der Waals surface area contributed by atoms with Gasteiger partial charge in [-0.05, 0) is 28.8 Å². The van der Waals surface area contributed by atoms with Crippen LogP contribution in [0.15, 0.2) is 78.9 Å². The molecule has 1 fully saturated rings. The Hall–Kier alpha value is -3.20. The Morgan fingerprint density at radius 3 is 2.31 bits per heavy atom. The van der Waals surface area contributed by atoms with Crippen LogP contribution in [0, 0.1) is 0 Å². The molecule has 0 spiro atoms. The van der Waals surface area contributed by atoms with Crippen molar-refractivity contribution in [3.05, 3.63) is 101 Å². The van der Waals surface area contributed by atoms with Crippen molar-refractivity contribution in [3.8, 4) is 0 Å². The zero-order valence-electron chi connectivity index (χ0n) is 19.9. The SMILES string of the molecule is CS(=O)(=O)N(Cc1ccccc1)c1ccccc1C(=O)NCc1cccc(CN2CCOCC2)c1. The molecule has 35 heavy (non-hydrogen) atoms. The summed E-state index contributed by atoms with van der Waals surface area (Å²) in [6.07, 6.45) is 1.16. The number of carbonyl (C=O) groups excluding carboxylic acids is 1. The Morgan fingerprint density at radius 1 is 0.914 bits per heavy atom. The van der Waals surface area contributed by atoms with Crippen LogP contribution in [0.1, 0.15) is 27.0 Å². The maximum atomic E-state index is 13.2. The Labute approximate surface area is 207 Å². The Balaban J connectivity index is 1.48. The summed E-state index contributed by atoms with van der Waals surface area (Å²) in [5, 5.41) is 2.96. The maximum Gasteiger partial charge on any atom is 0.253 e. The number of morpholine rings is 1. The topological polar surface area (TPSA) is 79.0 Å². The van der Waals surface area contributed by atoms with Crippen LogP contribution >= 0.6 is 0 Å². The molecule has 0 saturated carbocycles. The van der Waals surface area contributed by atoms with Crippen molar-refractivity contribution in [2.45, 2.75) is 19.6 Å². The highest BCUT2D eigenvalue weighted by Gasteiger charge is 2.23. The van der Waals surface area contributed by atoms with Crippen molar-refractivity contribution >= 4 is 21.6 Å². The second kappa shape index (κ2) is 11.5. The number of amides is 1. The van der Waals surface area contributed by atoms with Crippen LogP contribution in [-0.4, -0.2) is 51.8 Å². The summed E-state index contributed by atoms with van der Waals surface area (Å²) in [6, 6.07) is 24.3. The lowest BCUT2D eigenvalue weighted by Gasteiger charge is -2.26. The third kappa shape index (κ3) is 6.91. The lowest BCUT2D eigenvalue weighted by molar-refractivity contribution is 0.0342. The number of rotatable bonds is 9. The predicted molar refractivity (Wildman–Crippen MR) is 138 cm³/mol. The standard InChI is InChI=1S/C27H31N3O4S/c1-35(32,33)30(21-22-8-3-2-4-9-22)26-13-6-5-12-25(26)27(31)28-19-23-10-7-11-24(18-23)20-29-14-16-34-17-15-29/h2-13,18H,14-17,19-21H2,1H3,(H,28,31). The van der Waals surface area contributed by atoms with Crippen molar-refractivity contribution in [2.75, 3.05) is 36.9 Å². The molecular weight excluding hydrogens is 462 g/mol. The van der Waals surface area contributed by atoms with E-state index < -0.39 is 10.0 Å². The molecule has 0 atom stereocenters. The average molecular weight is 494 g/mol. The second-order valence-corrected chi connectivity index (χ2v) is 10.6. The van der Waals surface area contributed by atoms with E-state index in [1.165, 1.54) is 9.87 Å². The van der Waals surface area contributed by atoms with Gasteiger partial charge in [0, 0.05) is 26.2 Å². The number of hydrogen-bond donors (Lipinski definition) is 1. The van der Waals surface area contributed by atoms with Gasteiger partial charge in [0.2, 0.25) is 10.0 Å². The minimum absolute atomic E-state index is 0.146. The van der Waals surface area contributed by atoms with Crippen LogP contribution in [0.5, 0.6) is 0 Å². The number of nitrogens with zero attached hydrogens (tertiary/aromatic N) is 2. The Kier molecular flexibility index (Phi) is 8.17. The van der Waals surface area contributed by atoms with Gasteiger partial charge in [0.15, 0.2) is 0 Å². The molecule has 1 aliphatic heterocycles. The van der Waals surface area contributed by atoms with Gasteiger partial charge in [-0.15, -0.1) is 0 Å². The van der Waals surface area contributed by atoms with Crippen molar-refractivity contribution in [3.63, 3.8) is 0 Å². The zero-order chi connectivity index (χ0) is 24.7. The van der Waals surface area contributed by atoms with E-state index in [9.17, 15) is 13.2 Å². The molecule has 3 aromatic rings. The summed E-state index contributed by atoms with van der Waals surface area (Å²) in [6.45, 7) is 4.68. The Bertz CT molecular complexity index is 1240. The van der Waals surface area contributed by atoms with E-state index in [0.29, 0.717) is 17.8 Å². The molecule has 1 saturated heterocycles. The Morgan fingerprint density at radius 2 is 1.57 bits per heavy atom. The number of nitrogens with one attached hydrogen (secondary N) is 1. The van der Waals surface area contributed by atoms with Gasteiger partial charge in [-0.3, -0.25) is 14.0 Å². The maximum absolute atomic E-state index is 13.2. The largest absolute Gasteiger partial charge is 0.379 e. The third-order valence-corrected chi connectivity index (χ3v) is 7.07. The van der Waals surface area contributed by atoms with E-state index in [2.05, 4.69) is 22.3 Å². The first-order valence-electron chi connectivity index (χ1n) is 11.7. The summed E-state index contributed by atoms with van der Waals surface area (Å²) >= 11 is 0. The summed E-state index contributed by atoms with van der Waals surface area (Å²) < 4.78 is 32.0. The molecule has 0 radical (unpaired) electrons. The molecule has 8 heteroatoms. The minimum Gasteiger partial charge on any atom is -0.379 e. The van der Waals surface area contributed by atoms with Gasteiger partial charge in [-0.25, -0.2) is 8.42 Å². The fraction of sp³-hybridized carbons (Fsp3) is 0.296. The van der Waals surface area contributed by atoms with Crippen molar-refractivity contribution in [1.82, 2.24) is 10.2 Å². The van der Waals surface area contributed by atoms with E-state index >= 15 is 0 Å². The average Bonchev–Trinajstić information content (AvgIpc) is 2.87. The molecule has 7 nitrogen and oxygen atoms in total. The molecular formula is C27H31N3O4S. The molecule has 1 heterocycles. The quantitative estimate of drug-likeness (QED) is 0.494. The monoisotopic (exact) mass is 493 g/mol. The molecule has 3 aromatic carbocycles. The fourth-order valence-electron chi connectivity index (χ4n) is 4.15. The number of sulfonamides is 1. The highest BCUT2D eigenvalue weighted by atomic mass is 32.2. The van der Waals surface area contributed by atoms with Gasteiger partial charge >= 0.3 is 0 Å². The van der Waals surface area contributed by atoms with E-state index in [0.717, 1.165) is 50.2 Å². The number of para-hydroxylation sites is 1. The van der Waals surface area contributed by atoms with Gasteiger partial charge in [0.1, 0.15) is 0 Å². The van der Waals surface area contributed by atoms with Gasteiger partial charge in [0.25, 0.3) is 5.91 Å². The highest BCUT2D eigenvalue weighted by molar-refractivity contribution is 7.92. The first-order valence-corrected chi connectivity index (χ1v) is 13.5. The molecule has 184 valence electrons. The lowest BCUT2D eigenvalue weighted by Crippen LogP contribution is -2.35. The van der Waals surface area contributed by atoms with Gasteiger partial charge in [0.05, 0.1) is 37.3 Å². The van der Waals surface area contributed by atoms with Crippen molar-refractivity contribution in [1.29, 1.82) is 0 Å². The highest BCUT2D eigenvalue weighted by Crippen LogP contribution is 2.25. The lowest BCUT2D eigenvalue weighted by atomic mass is 10.1. The molecule has 4 rings (SSSR count). The van der Waals surface area contributed by atoms with Gasteiger partial charge in [-0.2, -0.15) is 0 Å². The fourth-order valence-corrected chi connectivity index (χ4v) is 5.05. The molecule has 1 amide bonds. The molecule has 0 unspecified atom stereocenters. The first kappa shape index (κ1) is 24.9. The summed E-state index contributed by atoms with van der Waals surface area (Å²) in [4.78, 5) is 15.5. The molecule has 1 N–H and O–H groups in total. The van der Waals surface area contributed by atoms with E-state index in [4.69, 9.17) is 4.74 Å². The van der Waals surface area contributed by atoms with Crippen molar-refractivity contribution < 1.29 is 17.9 Å². The molecule has 1 aliphatic rings. The van der Waals surface area contributed by atoms with Crippen molar-refractivity contribution in [2.24, 2.45) is 0 Å². The van der Waals surface area contributed by atoms with Crippen LogP contribution in [-0.2, 0) is 34.4 Å². The number of ether oxygens (including phenoxy) is 1. The van der Waals surface area contributed by atoms with Crippen LogP contribution in [0.25, 0.3) is 0 Å². The van der Waals surface area contributed by atoms with Crippen LogP contribution < -0.4 is 9.62 Å².